The van der Waals surface area contributed by atoms with Crippen molar-refractivity contribution in [3.05, 3.63) is 23.0 Å². The van der Waals surface area contributed by atoms with Crippen molar-refractivity contribution >= 4 is 27.3 Å². The number of likely N-dealkylation sites (N-methyl/N-ethyl adjacent to an activating group) is 1. The molecule has 8 heteroatoms. The Balaban J connectivity index is 2.79. The van der Waals surface area contributed by atoms with Crippen molar-refractivity contribution in [3.8, 4) is 0 Å². The molecule has 1 aromatic rings. The van der Waals surface area contributed by atoms with Gasteiger partial charge in [-0.25, -0.2) is 17.5 Å². The minimum absolute atomic E-state index is 0.0999. The van der Waals surface area contributed by atoms with E-state index in [-0.39, 0.29) is 17.3 Å². The third kappa shape index (κ3) is 5.10. The van der Waals surface area contributed by atoms with Crippen LogP contribution < -0.4 is 10.5 Å². The van der Waals surface area contributed by atoms with Crippen LogP contribution in [-0.4, -0.2) is 39.5 Å². The largest absolute Gasteiger partial charge is 0.399 e. The molecule has 120 valence electrons. The Labute approximate surface area is 130 Å². The fourth-order valence-corrected chi connectivity index (χ4v) is 3.38. The number of sulfonamides is 1. The maximum atomic E-state index is 13.8. The first-order valence-electron chi connectivity index (χ1n) is 6.78. The van der Waals surface area contributed by atoms with Crippen molar-refractivity contribution in [2.24, 2.45) is 0 Å². The molecule has 21 heavy (non-hydrogen) atoms. The van der Waals surface area contributed by atoms with Crippen molar-refractivity contribution in [3.63, 3.8) is 0 Å². The topological polar surface area (TPSA) is 75.4 Å². The molecule has 0 radical (unpaired) electrons. The van der Waals surface area contributed by atoms with Crippen molar-refractivity contribution in [1.82, 2.24) is 9.62 Å². The van der Waals surface area contributed by atoms with E-state index in [1.807, 2.05) is 6.92 Å². The van der Waals surface area contributed by atoms with E-state index in [4.69, 9.17) is 17.3 Å². The SMILES string of the molecule is CCCN(CC)CCNS(=O)(=O)c1cc(N)cc(Cl)c1F. The quantitative estimate of drug-likeness (QED) is 0.712. The molecule has 0 saturated heterocycles. The molecule has 0 unspecified atom stereocenters. The molecule has 0 saturated carbocycles. The smallest absolute Gasteiger partial charge is 0.243 e. The molecule has 0 bridgehead atoms. The number of benzene rings is 1. The summed E-state index contributed by atoms with van der Waals surface area (Å²) in [5.41, 5.74) is 5.61. The highest BCUT2D eigenvalue weighted by atomic mass is 35.5. The molecule has 0 atom stereocenters. The normalized spacial score (nSPS) is 12.0. The van der Waals surface area contributed by atoms with Crippen LogP contribution in [0, 0.1) is 5.82 Å². The fourth-order valence-electron chi connectivity index (χ4n) is 1.94. The van der Waals surface area contributed by atoms with Gasteiger partial charge in [-0.1, -0.05) is 25.4 Å². The van der Waals surface area contributed by atoms with Gasteiger partial charge >= 0.3 is 0 Å². The number of hydrogen-bond acceptors (Lipinski definition) is 4. The lowest BCUT2D eigenvalue weighted by molar-refractivity contribution is 0.293. The average Bonchev–Trinajstić information content (AvgIpc) is 2.41. The highest BCUT2D eigenvalue weighted by Gasteiger charge is 2.21. The van der Waals surface area contributed by atoms with Gasteiger partial charge in [-0.15, -0.1) is 0 Å². The van der Waals surface area contributed by atoms with Crippen LogP contribution in [0.1, 0.15) is 20.3 Å². The Morgan fingerprint density at radius 3 is 2.57 bits per heavy atom. The van der Waals surface area contributed by atoms with Gasteiger partial charge in [0.1, 0.15) is 4.90 Å². The number of nitrogens with two attached hydrogens (primary N) is 1. The van der Waals surface area contributed by atoms with Gasteiger partial charge in [-0.05, 0) is 31.6 Å². The number of anilines is 1. The zero-order valence-electron chi connectivity index (χ0n) is 12.2. The molecule has 0 aliphatic carbocycles. The van der Waals surface area contributed by atoms with Gasteiger partial charge in [-0.3, -0.25) is 0 Å². The second kappa shape index (κ2) is 7.93. The Bertz CT molecular complexity index is 581. The lowest BCUT2D eigenvalue weighted by Gasteiger charge is -2.19. The van der Waals surface area contributed by atoms with Crippen LogP contribution in [0.5, 0.6) is 0 Å². The Morgan fingerprint density at radius 1 is 1.33 bits per heavy atom. The summed E-state index contributed by atoms with van der Waals surface area (Å²) >= 11 is 5.62. The number of nitrogen functional groups attached to an aromatic ring is 1. The van der Waals surface area contributed by atoms with E-state index in [1.54, 1.807) is 0 Å². The van der Waals surface area contributed by atoms with Crippen LogP contribution in [-0.2, 0) is 10.0 Å². The van der Waals surface area contributed by atoms with Crippen LogP contribution in [0.3, 0.4) is 0 Å². The molecule has 3 N–H and O–H groups in total. The van der Waals surface area contributed by atoms with Crippen LogP contribution in [0.25, 0.3) is 0 Å². The summed E-state index contributed by atoms with van der Waals surface area (Å²) in [6.07, 6.45) is 0.986. The first-order valence-corrected chi connectivity index (χ1v) is 8.64. The van der Waals surface area contributed by atoms with Gasteiger partial charge in [0, 0.05) is 18.8 Å². The molecular weight excluding hydrogens is 317 g/mol. The molecule has 0 aromatic heterocycles. The molecule has 1 rings (SSSR count). The average molecular weight is 338 g/mol. The third-order valence-corrected chi connectivity index (χ3v) is 4.75. The molecule has 0 aliphatic rings. The summed E-state index contributed by atoms with van der Waals surface area (Å²) in [5.74, 6) is -0.987. The van der Waals surface area contributed by atoms with E-state index in [2.05, 4.69) is 16.5 Å². The van der Waals surface area contributed by atoms with Crippen LogP contribution >= 0.6 is 11.6 Å². The van der Waals surface area contributed by atoms with E-state index < -0.39 is 20.7 Å². The summed E-state index contributed by atoms with van der Waals surface area (Å²) in [5, 5.41) is -0.309. The molecule has 0 spiro atoms. The number of rotatable bonds is 8. The second-order valence-electron chi connectivity index (χ2n) is 4.65. The van der Waals surface area contributed by atoms with Gasteiger partial charge < -0.3 is 10.6 Å². The van der Waals surface area contributed by atoms with Crippen molar-refractivity contribution in [2.45, 2.75) is 25.2 Å². The zero-order valence-corrected chi connectivity index (χ0v) is 13.8. The monoisotopic (exact) mass is 337 g/mol. The van der Waals surface area contributed by atoms with E-state index in [0.717, 1.165) is 25.6 Å². The standard InChI is InChI=1S/C13H21ClFN3O2S/c1-3-6-18(4-2)7-5-17-21(19,20)12-9-10(16)8-11(14)13(12)15/h8-9,17H,3-7,16H2,1-2H3. The summed E-state index contributed by atoms with van der Waals surface area (Å²) in [4.78, 5) is 1.58. The van der Waals surface area contributed by atoms with Crippen LogP contribution in [0.4, 0.5) is 10.1 Å². The summed E-state index contributed by atoms with van der Waals surface area (Å²) < 4.78 is 40.4. The van der Waals surface area contributed by atoms with Crippen molar-refractivity contribution in [2.75, 3.05) is 31.9 Å². The van der Waals surface area contributed by atoms with Gasteiger partial charge in [0.05, 0.1) is 5.02 Å². The van der Waals surface area contributed by atoms with Crippen molar-refractivity contribution < 1.29 is 12.8 Å². The Hall–Kier alpha value is -0.890. The number of nitrogens with zero attached hydrogens (tertiary/aromatic N) is 1. The van der Waals surface area contributed by atoms with E-state index in [0.29, 0.717) is 6.54 Å². The predicted octanol–water partition coefficient (Wildman–Crippen LogP) is 2.07. The van der Waals surface area contributed by atoms with E-state index in [9.17, 15) is 12.8 Å². The third-order valence-electron chi connectivity index (χ3n) is 3.01. The fraction of sp³-hybridized carbons (Fsp3) is 0.538. The van der Waals surface area contributed by atoms with Crippen LogP contribution in [0.15, 0.2) is 17.0 Å². The first-order chi connectivity index (χ1) is 9.81. The highest BCUT2D eigenvalue weighted by Crippen LogP contribution is 2.25. The van der Waals surface area contributed by atoms with Crippen molar-refractivity contribution in [1.29, 1.82) is 0 Å². The maximum absolute atomic E-state index is 13.8. The maximum Gasteiger partial charge on any atom is 0.243 e. The highest BCUT2D eigenvalue weighted by molar-refractivity contribution is 7.89. The molecule has 1 aromatic carbocycles. The summed E-state index contributed by atoms with van der Waals surface area (Å²) in [6.45, 7) is 6.52. The van der Waals surface area contributed by atoms with E-state index >= 15 is 0 Å². The van der Waals surface area contributed by atoms with Crippen LogP contribution in [0.2, 0.25) is 5.02 Å². The lowest BCUT2D eigenvalue weighted by Crippen LogP contribution is -2.35. The first kappa shape index (κ1) is 18.2. The number of hydrogen-bond donors (Lipinski definition) is 2. The Morgan fingerprint density at radius 2 is 2.00 bits per heavy atom. The van der Waals surface area contributed by atoms with Gasteiger partial charge in [-0.2, -0.15) is 0 Å². The lowest BCUT2D eigenvalue weighted by atomic mass is 10.3. The van der Waals surface area contributed by atoms with Gasteiger partial charge in [0.25, 0.3) is 0 Å². The molecule has 0 fully saturated rings. The molecule has 0 amide bonds. The summed E-state index contributed by atoms with van der Waals surface area (Å²) in [6, 6.07) is 2.24. The van der Waals surface area contributed by atoms with Gasteiger partial charge in [0.15, 0.2) is 5.82 Å². The molecular formula is C13H21ClFN3O2S. The van der Waals surface area contributed by atoms with Gasteiger partial charge in [0.2, 0.25) is 10.0 Å². The minimum Gasteiger partial charge on any atom is -0.399 e. The second-order valence-corrected chi connectivity index (χ2v) is 6.79. The number of halogens is 2. The summed E-state index contributed by atoms with van der Waals surface area (Å²) in [7, 11) is -3.97. The molecule has 0 aliphatic heterocycles. The minimum atomic E-state index is -3.97. The Kier molecular flexibility index (Phi) is 6.86. The zero-order chi connectivity index (χ0) is 16.0. The molecule has 5 nitrogen and oxygen atoms in total. The van der Waals surface area contributed by atoms with E-state index in [1.165, 1.54) is 6.07 Å². The predicted molar refractivity (Wildman–Crippen MR) is 83.4 cm³/mol. The number of nitrogens with one attached hydrogen (secondary N) is 1. The molecule has 0 heterocycles.